The lowest BCUT2D eigenvalue weighted by Crippen LogP contribution is -2.00. The SMILES string of the molecule is CC(C)n1cc(-n2cc(-c3cnc4ccc(Br)cc4n3)cn2)cn1. The molecule has 0 atom stereocenters. The maximum atomic E-state index is 4.68. The summed E-state index contributed by atoms with van der Waals surface area (Å²) in [6, 6.07) is 6.18. The Morgan fingerprint density at radius 2 is 1.88 bits per heavy atom. The van der Waals surface area contributed by atoms with Gasteiger partial charge >= 0.3 is 0 Å². The molecule has 0 saturated heterocycles. The van der Waals surface area contributed by atoms with Crippen LogP contribution in [0.1, 0.15) is 19.9 Å². The van der Waals surface area contributed by atoms with Crippen molar-refractivity contribution in [1.82, 2.24) is 29.5 Å². The molecule has 4 rings (SSSR count). The molecule has 0 bridgehead atoms. The van der Waals surface area contributed by atoms with Crippen LogP contribution in [0.25, 0.3) is 28.0 Å². The number of nitrogens with zero attached hydrogens (tertiary/aromatic N) is 6. The number of halogens is 1. The molecule has 0 saturated carbocycles. The Labute approximate surface area is 147 Å². The van der Waals surface area contributed by atoms with Gasteiger partial charge in [-0.3, -0.25) is 9.67 Å². The molecule has 0 aliphatic carbocycles. The van der Waals surface area contributed by atoms with Crippen LogP contribution in [0.2, 0.25) is 0 Å². The Balaban J connectivity index is 1.71. The van der Waals surface area contributed by atoms with E-state index in [9.17, 15) is 0 Å². The van der Waals surface area contributed by atoms with Gasteiger partial charge in [-0.05, 0) is 32.0 Å². The van der Waals surface area contributed by atoms with Gasteiger partial charge in [0.05, 0.1) is 41.5 Å². The molecule has 6 nitrogen and oxygen atoms in total. The van der Waals surface area contributed by atoms with Crippen LogP contribution in [-0.2, 0) is 0 Å². The zero-order valence-corrected chi connectivity index (χ0v) is 14.8. The molecule has 0 N–H and O–H groups in total. The maximum Gasteiger partial charge on any atom is 0.102 e. The molecule has 0 fully saturated rings. The number of aromatic nitrogens is 6. The molecule has 24 heavy (non-hydrogen) atoms. The second-order valence-electron chi connectivity index (χ2n) is 5.83. The third-order valence-electron chi connectivity index (χ3n) is 3.76. The van der Waals surface area contributed by atoms with Gasteiger partial charge in [0.15, 0.2) is 0 Å². The van der Waals surface area contributed by atoms with E-state index in [1.54, 1.807) is 23.3 Å². The highest BCUT2D eigenvalue weighted by Gasteiger charge is 2.09. The average Bonchev–Trinajstić information content (AvgIpc) is 3.23. The third kappa shape index (κ3) is 2.71. The number of hydrogen-bond acceptors (Lipinski definition) is 4. The first kappa shape index (κ1) is 15.0. The summed E-state index contributed by atoms with van der Waals surface area (Å²) in [5.41, 5.74) is 4.35. The van der Waals surface area contributed by atoms with Crippen LogP contribution < -0.4 is 0 Å². The van der Waals surface area contributed by atoms with Gasteiger partial charge in [0.2, 0.25) is 0 Å². The number of rotatable bonds is 3. The van der Waals surface area contributed by atoms with Crippen molar-refractivity contribution in [2.75, 3.05) is 0 Å². The van der Waals surface area contributed by atoms with Crippen molar-refractivity contribution in [3.8, 4) is 16.9 Å². The highest BCUT2D eigenvalue weighted by atomic mass is 79.9. The minimum Gasteiger partial charge on any atom is -0.268 e. The van der Waals surface area contributed by atoms with Crippen LogP contribution in [0.15, 0.2) is 53.7 Å². The van der Waals surface area contributed by atoms with Crippen LogP contribution >= 0.6 is 15.9 Å². The molecular formula is C17H15BrN6. The summed E-state index contributed by atoms with van der Waals surface area (Å²) in [4.78, 5) is 9.15. The summed E-state index contributed by atoms with van der Waals surface area (Å²) >= 11 is 3.47. The lowest BCUT2D eigenvalue weighted by molar-refractivity contribution is 0.532. The van der Waals surface area contributed by atoms with E-state index in [1.165, 1.54) is 0 Å². The van der Waals surface area contributed by atoms with E-state index < -0.39 is 0 Å². The van der Waals surface area contributed by atoms with Gasteiger partial charge in [0.1, 0.15) is 5.69 Å². The van der Waals surface area contributed by atoms with Crippen molar-refractivity contribution in [2.24, 2.45) is 0 Å². The van der Waals surface area contributed by atoms with E-state index in [0.29, 0.717) is 6.04 Å². The quantitative estimate of drug-likeness (QED) is 0.536. The molecule has 0 unspecified atom stereocenters. The monoisotopic (exact) mass is 382 g/mol. The molecule has 7 heteroatoms. The first-order chi connectivity index (χ1) is 11.6. The van der Waals surface area contributed by atoms with Crippen LogP contribution in [0.3, 0.4) is 0 Å². The molecule has 0 spiro atoms. The van der Waals surface area contributed by atoms with Crippen molar-refractivity contribution < 1.29 is 0 Å². The highest BCUT2D eigenvalue weighted by Crippen LogP contribution is 2.22. The number of benzene rings is 1. The maximum absolute atomic E-state index is 4.68. The van der Waals surface area contributed by atoms with Crippen LogP contribution in [0.5, 0.6) is 0 Å². The fraction of sp³-hybridized carbons (Fsp3) is 0.176. The zero-order chi connectivity index (χ0) is 16.7. The fourth-order valence-corrected chi connectivity index (χ4v) is 2.80. The van der Waals surface area contributed by atoms with E-state index in [2.05, 4.69) is 49.9 Å². The van der Waals surface area contributed by atoms with E-state index in [0.717, 1.165) is 32.5 Å². The summed E-state index contributed by atoms with van der Waals surface area (Å²) < 4.78 is 4.69. The standard InChI is InChI=1S/C17H15BrN6/c1-11(2)23-10-14(7-21-23)24-9-12(6-20-24)17-8-19-15-4-3-13(18)5-16(15)22-17/h3-11H,1-2H3. The van der Waals surface area contributed by atoms with Gasteiger partial charge in [0, 0.05) is 22.3 Å². The molecule has 0 aliphatic rings. The molecule has 1 aromatic carbocycles. The van der Waals surface area contributed by atoms with E-state index in [4.69, 9.17) is 0 Å². The van der Waals surface area contributed by atoms with Crippen LogP contribution in [-0.4, -0.2) is 29.5 Å². The van der Waals surface area contributed by atoms with E-state index >= 15 is 0 Å². The lowest BCUT2D eigenvalue weighted by Gasteiger charge is -2.03. The zero-order valence-electron chi connectivity index (χ0n) is 13.3. The minimum atomic E-state index is 0.318. The van der Waals surface area contributed by atoms with Gasteiger partial charge in [0.25, 0.3) is 0 Å². The Morgan fingerprint density at radius 3 is 2.67 bits per heavy atom. The van der Waals surface area contributed by atoms with Gasteiger partial charge in [-0.15, -0.1) is 0 Å². The Morgan fingerprint density at radius 1 is 1.00 bits per heavy atom. The molecule has 3 heterocycles. The highest BCUT2D eigenvalue weighted by molar-refractivity contribution is 9.10. The van der Waals surface area contributed by atoms with Crippen molar-refractivity contribution in [1.29, 1.82) is 0 Å². The minimum absolute atomic E-state index is 0.318. The predicted molar refractivity (Wildman–Crippen MR) is 96.0 cm³/mol. The van der Waals surface area contributed by atoms with Crippen LogP contribution in [0.4, 0.5) is 0 Å². The first-order valence-corrected chi connectivity index (χ1v) is 8.41. The smallest absolute Gasteiger partial charge is 0.102 e. The molecule has 120 valence electrons. The van der Waals surface area contributed by atoms with Crippen molar-refractivity contribution in [3.05, 3.63) is 53.7 Å². The molecule has 4 aromatic rings. The van der Waals surface area contributed by atoms with Gasteiger partial charge < -0.3 is 0 Å². The third-order valence-corrected chi connectivity index (χ3v) is 4.26. The topological polar surface area (TPSA) is 61.4 Å². The summed E-state index contributed by atoms with van der Waals surface area (Å²) in [6.45, 7) is 4.18. The van der Waals surface area contributed by atoms with E-state index in [-0.39, 0.29) is 0 Å². The molecule has 0 radical (unpaired) electrons. The lowest BCUT2D eigenvalue weighted by atomic mass is 10.2. The summed E-state index contributed by atoms with van der Waals surface area (Å²) in [5.74, 6) is 0. The van der Waals surface area contributed by atoms with E-state index in [1.807, 2.05) is 35.3 Å². The van der Waals surface area contributed by atoms with Crippen molar-refractivity contribution in [3.63, 3.8) is 0 Å². The first-order valence-electron chi connectivity index (χ1n) is 7.62. The normalized spacial score (nSPS) is 11.5. The molecule has 3 aromatic heterocycles. The van der Waals surface area contributed by atoms with Gasteiger partial charge in [-0.2, -0.15) is 10.2 Å². The molecule has 0 aliphatic heterocycles. The number of fused-ring (bicyclic) bond motifs is 1. The number of hydrogen-bond donors (Lipinski definition) is 0. The van der Waals surface area contributed by atoms with Crippen molar-refractivity contribution >= 4 is 27.0 Å². The average molecular weight is 383 g/mol. The predicted octanol–water partition coefficient (Wildman–Crippen LogP) is 4.02. The Bertz CT molecular complexity index is 1020. The second kappa shape index (κ2) is 5.83. The summed E-state index contributed by atoms with van der Waals surface area (Å²) in [7, 11) is 0. The van der Waals surface area contributed by atoms with Gasteiger partial charge in [-0.25, -0.2) is 9.67 Å². The second-order valence-corrected chi connectivity index (χ2v) is 6.75. The van der Waals surface area contributed by atoms with Gasteiger partial charge in [-0.1, -0.05) is 15.9 Å². The van der Waals surface area contributed by atoms with Crippen molar-refractivity contribution in [2.45, 2.75) is 19.9 Å². The fourth-order valence-electron chi connectivity index (χ4n) is 2.45. The largest absolute Gasteiger partial charge is 0.268 e. The molecular weight excluding hydrogens is 368 g/mol. The Hall–Kier alpha value is -2.54. The van der Waals surface area contributed by atoms with Crippen LogP contribution in [0, 0.1) is 0 Å². The summed E-state index contributed by atoms with van der Waals surface area (Å²) in [6.07, 6.45) is 9.29. The molecule has 0 amide bonds. The summed E-state index contributed by atoms with van der Waals surface area (Å²) in [5, 5.41) is 8.77. The Kier molecular flexibility index (Phi) is 3.65.